The van der Waals surface area contributed by atoms with Gasteiger partial charge < -0.3 is 16.2 Å². The van der Waals surface area contributed by atoms with Gasteiger partial charge in [0.25, 0.3) is 0 Å². The summed E-state index contributed by atoms with van der Waals surface area (Å²) in [5, 5.41) is 21.8. The molecule has 168 valence electrons. The number of aliphatic hydroxyl groups is 1. The van der Waals surface area contributed by atoms with Crippen molar-refractivity contribution in [2.24, 2.45) is 5.10 Å². The highest BCUT2D eigenvalue weighted by Gasteiger charge is 2.08. The van der Waals surface area contributed by atoms with Crippen LogP contribution in [0.2, 0.25) is 0 Å². The van der Waals surface area contributed by atoms with E-state index in [4.69, 9.17) is 10.8 Å². The van der Waals surface area contributed by atoms with Gasteiger partial charge in [-0.1, -0.05) is 39.0 Å². The average Bonchev–Trinajstić information content (AvgIpc) is 3.22. The number of nitrogens with two attached hydrogens (primary N) is 1. The number of nitrogens with zero attached hydrogens (tertiary/aromatic N) is 6. The van der Waals surface area contributed by atoms with E-state index in [0.29, 0.717) is 36.1 Å². The minimum atomic E-state index is 0.0244. The van der Waals surface area contributed by atoms with E-state index in [2.05, 4.69) is 52.6 Å². The van der Waals surface area contributed by atoms with Crippen molar-refractivity contribution in [3.8, 4) is 11.3 Å². The van der Waals surface area contributed by atoms with Crippen LogP contribution in [-0.4, -0.2) is 49.7 Å². The van der Waals surface area contributed by atoms with E-state index in [9.17, 15) is 0 Å². The molecule has 0 aliphatic carbocycles. The molecule has 2 aromatic rings. The van der Waals surface area contributed by atoms with Gasteiger partial charge in [-0.25, -0.2) is 15.0 Å². The summed E-state index contributed by atoms with van der Waals surface area (Å²) in [5.74, 6) is 0.845. The second kappa shape index (κ2) is 14.5. The van der Waals surface area contributed by atoms with Gasteiger partial charge in [-0.05, 0) is 19.4 Å². The second-order valence-electron chi connectivity index (χ2n) is 6.49. The van der Waals surface area contributed by atoms with Gasteiger partial charge in [0.05, 0.1) is 36.9 Å². The molecule has 0 spiro atoms. The largest absolute Gasteiger partial charge is 0.394 e. The highest BCUT2D eigenvalue weighted by molar-refractivity contribution is 5.64. The summed E-state index contributed by atoms with van der Waals surface area (Å²) in [7, 11) is 0. The minimum absolute atomic E-state index is 0.0244. The van der Waals surface area contributed by atoms with Gasteiger partial charge in [-0.15, -0.1) is 0 Å². The summed E-state index contributed by atoms with van der Waals surface area (Å²) in [6.07, 6.45) is 14.6. The molecule has 0 unspecified atom stereocenters. The van der Waals surface area contributed by atoms with E-state index in [1.165, 1.54) is 6.42 Å². The first kappa shape index (κ1) is 25.6. The Morgan fingerprint density at radius 3 is 2.77 bits per heavy atom. The molecule has 2 heterocycles. The zero-order valence-electron chi connectivity index (χ0n) is 18.7. The average molecular weight is 427 g/mol. The van der Waals surface area contributed by atoms with Crippen molar-refractivity contribution in [3.05, 3.63) is 55.3 Å². The van der Waals surface area contributed by atoms with Crippen LogP contribution < -0.4 is 11.1 Å². The standard InChI is InChI=1S/C19H26N8O.C3H8/c1-4-9-27(21-3)15(2)7-5-6-8-22-19-18(20)23-13-17(25-19)16-12-24-26(14-16)10-11-28;1-3-2/h4-5,7,9,12-14,28H,2-3,6,8,10-11H2,1H3,(H2,20,23)(H,22,25);3H2,1-2H3/b7-5-,9-4-;. The summed E-state index contributed by atoms with van der Waals surface area (Å²) < 4.78 is 1.65. The number of hydrogen-bond donors (Lipinski definition) is 3. The minimum Gasteiger partial charge on any atom is -0.394 e. The number of rotatable bonds is 11. The Balaban J connectivity index is 0.00000151. The highest BCUT2D eigenvalue weighted by atomic mass is 16.3. The van der Waals surface area contributed by atoms with Crippen LogP contribution in [-0.2, 0) is 6.54 Å². The summed E-state index contributed by atoms with van der Waals surface area (Å²) in [6.45, 7) is 14.7. The van der Waals surface area contributed by atoms with Crippen LogP contribution >= 0.6 is 0 Å². The van der Waals surface area contributed by atoms with Gasteiger partial charge >= 0.3 is 0 Å². The molecule has 0 fully saturated rings. The molecular weight excluding hydrogens is 392 g/mol. The van der Waals surface area contributed by atoms with Crippen LogP contribution in [0.15, 0.2) is 60.4 Å². The molecular formula is C22H34N8O. The van der Waals surface area contributed by atoms with E-state index in [-0.39, 0.29) is 6.61 Å². The van der Waals surface area contributed by atoms with E-state index >= 15 is 0 Å². The number of hydrogen-bond acceptors (Lipinski definition) is 8. The zero-order valence-corrected chi connectivity index (χ0v) is 18.7. The lowest BCUT2D eigenvalue weighted by atomic mass is 10.2. The predicted octanol–water partition coefficient (Wildman–Crippen LogP) is 3.65. The molecule has 9 heteroatoms. The van der Waals surface area contributed by atoms with Crippen LogP contribution in [0, 0.1) is 0 Å². The van der Waals surface area contributed by atoms with Crippen LogP contribution in [0.5, 0.6) is 0 Å². The first-order valence-electron chi connectivity index (χ1n) is 10.2. The molecule has 2 rings (SSSR count). The van der Waals surface area contributed by atoms with Gasteiger partial charge in [0.15, 0.2) is 11.6 Å². The zero-order chi connectivity index (χ0) is 23.1. The fourth-order valence-electron chi connectivity index (χ4n) is 2.33. The lowest BCUT2D eigenvalue weighted by Crippen LogP contribution is -2.08. The molecule has 0 saturated heterocycles. The van der Waals surface area contributed by atoms with Gasteiger partial charge in [-0.3, -0.25) is 4.68 Å². The Hall–Kier alpha value is -3.46. The van der Waals surface area contributed by atoms with Crippen LogP contribution in [0.25, 0.3) is 11.3 Å². The van der Waals surface area contributed by atoms with Gasteiger partial charge in [0.2, 0.25) is 0 Å². The van der Waals surface area contributed by atoms with Crippen LogP contribution in [0.3, 0.4) is 0 Å². The van der Waals surface area contributed by atoms with Crippen LogP contribution in [0.1, 0.15) is 33.6 Å². The molecule has 31 heavy (non-hydrogen) atoms. The summed E-state index contributed by atoms with van der Waals surface area (Å²) in [6, 6.07) is 0. The van der Waals surface area contributed by atoms with E-state index in [0.717, 1.165) is 12.0 Å². The number of hydrazone groups is 1. The Labute approximate surface area is 184 Å². The Morgan fingerprint density at radius 1 is 1.39 bits per heavy atom. The number of anilines is 2. The smallest absolute Gasteiger partial charge is 0.169 e. The van der Waals surface area contributed by atoms with E-state index < -0.39 is 0 Å². The maximum absolute atomic E-state index is 8.99. The lowest BCUT2D eigenvalue weighted by Gasteiger charge is -2.12. The third-order valence-corrected chi connectivity index (χ3v) is 3.71. The lowest BCUT2D eigenvalue weighted by molar-refractivity contribution is 0.269. The summed E-state index contributed by atoms with van der Waals surface area (Å²) in [5.41, 5.74) is 8.10. The molecule has 0 aliphatic heterocycles. The van der Waals surface area contributed by atoms with E-state index in [1.54, 1.807) is 34.5 Å². The number of allylic oxidation sites excluding steroid dienone is 2. The monoisotopic (exact) mass is 426 g/mol. The van der Waals surface area contributed by atoms with Crippen molar-refractivity contribution in [1.29, 1.82) is 0 Å². The van der Waals surface area contributed by atoms with E-state index in [1.807, 2.05) is 25.2 Å². The predicted molar refractivity (Wildman–Crippen MR) is 128 cm³/mol. The fraction of sp³-hybridized carbons (Fsp3) is 0.364. The number of aromatic nitrogens is 4. The molecule has 0 aromatic carbocycles. The maximum atomic E-state index is 8.99. The Kier molecular flexibility index (Phi) is 12.0. The molecule has 0 amide bonds. The topological polar surface area (TPSA) is 117 Å². The van der Waals surface area contributed by atoms with Crippen molar-refractivity contribution in [1.82, 2.24) is 24.8 Å². The molecule has 0 radical (unpaired) electrons. The van der Waals surface area contributed by atoms with Gasteiger partial charge in [0.1, 0.15) is 0 Å². The van der Waals surface area contributed by atoms with Gasteiger partial charge in [0, 0.05) is 31.2 Å². The third-order valence-electron chi connectivity index (χ3n) is 3.71. The molecule has 9 nitrogen and oxygen atoms in total. The molecule has 4 N–H and O–H groups in total. The van der Waals surface area contributed by atoms with Crippen molar-refractivity contribution < 1.29 is 5.11 Å². The first-order chi connectivity index (χ1) is 15.0. The molecule has 0 saturated carbocycles. The Morgan fingerprint density at radius 2 is 2.13 bits per heavy atom. The molecule has 0 aliphatic rings. The van der Waals surface area contributed by atoms with Crippen molar-refractivity contribution in [3.63, 3.8) is 0 Å². The normalized spacial score (nSPS) is 10.7. The molecule has 2 aromatic heterocycles. The number of aliphatic hydroxyl groups excluding tert-OH is 1. The molecule has 0 atom stereocenters. The third kappa shape index (κ3) is 8.83. The second-order valence-corrected chi connectivity index (χ2v) is 6.49. The number of nitrogens with one attached hydrogen (secondary N) is 1. The summed E-state index contributed by atoms with van der Waals surface area (Å²) in [4.78, 5) is 8.71. The van der Waals surface area contributed by atoms with Crippen molar-refractivity contribution in [2.75, 3.05) is 24.2 Å². The van der Waals surface area contributed by atoms with Crippen molar-refractivity contribution in [2.45, 2.75) is 40.2 Å². The summed E-state index contributed by atoms with van der Waals surface area (Å²) >= 11 is 0. The van der Waals surface area contributed by atoms with Crippen molar-refractivity contribution >= 4 is 18.4 Å². The first-order valence-corrected chi connectivity index (χ1v) is 10.2. The van der Waals surface area contributed by atoms with Crippen LogP contribution in [0.4, 0.5) is 11.6 Å². The quantitative estimate of drug-likeness (QED) is 0.217. The fourth-order valence-corrected chi connectivity index (χ4v) is 2.33. The van der Waals surface area contributed by atoms with Gasteiger partial charge in [-0.2, -0.15) is 10.2 Å². The number of nitrogen functional groups attached to an aromatic ring is 1. The highest BCUT2D eigenvalue weighted by Crippen LogP contribution is 2.20. The Bertz CT molecular complexity index is 872. The SMILES string of the molecule is C=NN(/C=C\C)C(=C)/C=C\CCNc1nc(-c2cnn(CCO)c2)cnc1N.CCC. The maximum Gasteiger partial charge on any atom is 0.169 e. The molecule has 0 bridgehead atoms.